The first-order valence-electron chi connectivity index (χ1n) is 8.21. The second kappa shape index (κ2) is 6.01. The minimum Gasteiger partial charge on any atom is -0.387 e. The summed E-state index contributed by atoms with van der Waals surface area (Å²) >= 11 is 0. The molecule has 1 aliphatic heterocycles. The van der Waals surface area contributed by atoms with Crippen molar-refractivity contribution in [1.82, 2.24) is 9.80 Å². The number of β-amino-alcohol motifs (C(OH)–C–C–N with tert-alkyl or cyclic N) is 1. The summed E-state index contributed by atoms with van der Waals surface area (Å²) in [7, 11) is 3.90. The van der Waals surface area contributed by atoms with E-state index in [9.17, 15) is 9.90 Å². The monoisotopic (exact) mass is 302 g/mol. The lowest BCUT2D eigenvalue weighted by molar-refractivity contribution is -0.130. The van der Waals surface area contributed by atoms with Gasteiger partial charge in [-0.15, -0.1) is 0 Å². The van der Waals surface area contributed by atoms with E-state index in [1.54, 1.807) is 0 Å². The molecule has 1 atom stereocenters. The number of likely N-dealkylation sites (N-methyl/N-ethyl adjacent to an activating group) is 1. The molecular formula is C18H26N2O2. The van der Waals surface area contributed by atoms with Gasteiger partial charge in [-0.3, -0.25) is 4.79 Å². The maximum absolute atomic E-state index is 12.5. The second-order valence-electron chi connectivity index (χ2n) is 7.16. The van der Waals surface area contributed by atoms with Gasteiger partial charge in [-0.1, -0.05) is 18.2 Å². The van der Waals surface area contributed by atoms with Gasteiger partial charge >= 0.3 is 0 Å². The van der Waals surface area contributed by atoms with E-state index in [1.807, 2.05) is 23.9 Å². The van der Waals surface area contributed by atoms with E-state index >= 15 is 0 Å². The van der Waals surface area contributed by atoms with Crippen molar-refractivity contribution in [3.05, 3.63) is 34.9 Å². The molecule has 0 saturated carbocycles. The van der Waals surface area contributed by atoms with Crippen LogP contribution in [0.1, 0.15) is 29.5 Å². The lowest BCUT2D eigenvalue weighted by Crippen LogP contribution is -2.43. The maximum Gasteiger partial charge on any atom is 0.227 e. The molecule has 1 fully saturated rings. The Morgan fingerprint density at radius 1 is 1.32 bits per heavy atom. The molecule has 1 saturated heterocycles. The van der Waals surface area contributed by atoms with Crippen LogP contribution in [-0.4, -0.2) is 60.1 Å². The summed E-state index contributed by atoms with van der Waals surface area (Å²) in [6.07, 6.45) is 4.67. The van der Waals surface area contributed by atoms with E-state index in [2.05, 4.69) is 18.2 Å². The lowest BCUT2D eigenvalue weighted by atomic mass is 10.0. The first-order valence-corrected chi connectivity index (χ1v) is 8.21. The van der Waals surface area contributed by atoms with E-state index < -0.39 is 5.60 Å². The predicted octanol–water partition coefficient (Wildman–Crippen LogP) is 1.24. The molecule has 3 rings (SSSR count). The van der Waals surface area contributed by atoms with Crippen molar-refractivity contribution in [2.45, 2.75) is 37.7 Å². The Balaban J connectivity index is 1.61. The van der Waals surface area contributed by atoms with Crippen LogP contribution in [0.2, 0.25) is 0 Å². The van der Waals surface area contributed by atoms with Crippen molar-refractivity contribution in [2.24, 2.45) is 0 Å². The largest absolute Gasteiger partial charge is 0.387 e. The molecule has 4 nitrogen and oxygen atoms in total. The molecule has 1 aliphatic carbocycles. The zero-order valence-corrected chi connectivity index (χ0v) is 13.6. The number of carbonyl (C=O) groups excluding carboxylic acids is 1. The molecule has 4 heteroatoms. The molecule has 1 aromatic carbocycles. The van der Waals surface area contributed by atoms with E-state index in [-0.39, 0.29) is 5.91 Å². The summed E-state index contributed by atoms with van der Waals surface area (Å²) < 4.78 is 0. The lowest BCUT2D eigenvalue weighted by Gasteiger charge is -2.26. The fraction of sp³-hybridized carbons (Fsp3) is 0.611. The molecule has 1 amide bonds. The fourth-order valence-corrected chi connectivity index (χ4v) is 3.81. The number of likely N-dealkylation sites (tertiary alicyclic amines) is 1. The molecule has 22 heavy (non-hydrogen) atoms. The Hall–Kier alpha value is -1.39. The molecule has 1 aromatic rings. The summed E-state index contributed by atoms with van der Waals surface area (Å²) in [5, 5.41) is 10.5. The van der Waals surface area contributed by atoms with Gasteiger partial charge in [-0.05, 0) is 56.5 Å². The molecule has 1 N–H and O–H groups in total. The van der Waals surface area contributed by atoms with Crippen LogP contribution in [0, 0.1) is 0 Å². The highest BCUT2D eigenvalue weighted by atomic mass is 16.3. The number of carbonyl (C=O) groups is 1. The Bertz CT molecular complexity index is 570. The van der Waals surface area contributed by atoms with Gasteiger partial charge in [0, 0.05) is 13.1 Å². The van der Waals surface area contributed by atoms with Gasteiger partial charge in [-0.2, -0.15) is 0 Å². The van der Waals surface area contributed by atoms with Crippen LogP contribution in [0.25, 0.3) is 0 Å². The van der Waals surface area contributed by atoms with Gasteiger partial charge in [0.1, 0.15) is 0 Å². The van der Waals surface area contributed by atoms with Crippen LogP contribution in [0.3, 0.4) is 0 Å². The van der Waals surface area contributed by atoms with E-state index in [0.29, 0.717) is 32.5 Å². The molecule has 0 aromatic heterocycles. The molecule has 120 valence electrons. The van der Waals surface area contributed by atoms with E-state index in [4.69, 9.17) is 0 Å². The third kappa shape index (κ3) is 3.33. The summed E-state index contributed by atoms with van der Waals surface area (Å²) in [6.45, 7) is 1.72. The fourth-order valence-electron chi connectivity index (χ4n) is 3.81. The first kappa shape index (κ1) is 15.5. The summed E-state index contributed by atoms with van der Waals surface area (Å²) in [4.78, 5) is 16.3. The molecule has 2 aliphatic rings. The average Bonchev–Trinajstić information content (AvgIpc) is 3.04. The summed E-state index contributed by atoms with van der Waals surface area (Å²) in [5.41, 5.74) is 3.21. The highest BCUT2D eigenvalue weighted by Crippen LogP contribution is 2.25. The third-order valence-corrected chi connectivity index (χ3v) is 4.81. The first-order chi connectivity index (χ1) is 10.5. The number of hydrogen-bond donors (Lipinski definition) is 1. The molecule has 0 unspecified atom stereocenters. The minimum atomic E-state index is -0.753. The Kier molecular flexibility index (Phi) is 4.24. The highest BCUT2D eigenvalue weighted by molar-refractivity contribution is 5.79. The topological polar surface area (TPSA) is 43.8 Å². The van der Waals surface area contributed by atoms with Gasteiger partial charge in [0.2, 0.25) is 5.91 Å². The van der Waals surface area contributed by atoms with Gasteiger partial charge < -0.3 is 14.9 Å². The smallest absolute Gasteiger partial charge is 0.227 e. The molecule has 0 radical (unpaired) electrons. The quantitative estimate of drug-likeness (QED) is 0.910. The van der Waals surface area contributed by atoms with Crippen LogP contribution < -0.4 is 0 Å². The van der Waals surface area contributed by atoms with Crippen molar-refractivity contribution in [2.75, 3.05) is 33.7 Å². The SMILES string of the molecule is CN(C)C[C@@]1(O)CCN(C(=O)Cc2ccc3c(c2)CCC3)C1. The second-order valence-corrected chi connectivity index (χ2v) is 7.16. The van der Waals surface area contributed by atoms with Gasteiger partial charge in [0.05, 0.1) is 18.6 Å². The molecule has 1 heterocycles. The van der Waals surface area contributed by atoms with Crippen molar-refractivity contribution < 1.29 is 9.90 Å². The van der Waals surface area contributed by atoms with Crippen LogP contribution >= 0.6 is 0 Å². The Morgan fingerprint density at radius 2 is 2.09 bits per heavy atom. The average molecular weight is 302 g/mol. The standard InChI is InChI=1S/C18H26N2O2/c1-19(2)12-18(22)8-9-20(13-18)17(21)11-14-6-7-15-4-3-5-16(15)10-14/h6-7,10,22H,3-5,8-9,11-13H2,1-2H3/t18-/m0/s1. The van der Waals surface area contributed by atoms with Gasteiger partial charge in [0.15, 0.2) is 0 Å². The number of amides is 1. The number of nitrogens with zero attached hydrogens (tertiary/aromatic N) is 2. The Labute approximate surface area is 132 Å². The predicted molar refractivity (Wildman–Crippen MR) is 86.9 cm³/mol. The number of hydrogen-bond acceptors (Lipinski definition) is 3. The van der Waals surface area contributed by atoms with Gasteiger partial charge in [0.25, 0.3) is 0 Å². The van der Waals surface area contributed by atoms with Crippen molar-refractivity contribution in [3.63, 3.8) is 0 Å². The number of fused-ring (bicyclic) bond motifs is 1. The van der Waals surface area contributed by atoms with Crippen LogP contribution in [-0.2, 0) is 24.1 Å². The number of rotatable bonds is 4. The van der Waals surface area contributed by atoms with Crippen LogP contribution in [0.15, 0.2) is 18.2 Å². The zero-order chi connectivity index (χ0) is 15.7. The molecule has 0 spiro atoms. The number of benzene rings is 1. The molecular weight excluding hydrogens is 276 g/mol. The minimum absolute atomic E-state index is 0.132. The van der Waals surface area contributed by atoms with E-state index in [1.165, 1.54) is 24.0 Å². The van der Waals surface area contributed by atoms with Crippen molar-refractivity contribution in [3.8, 4) is 0 Å². The molecule has 0 bridgehead atoms. The highest BCUT2D eigenvalue weighted by Gasteiger charge is 2.38. The van der Waals surface area contributed by atoms with Crippen molar-refractivity contribution in [1.29, 1.82) is 0 Å². The summed E-state index contributed by atoms with van der Waals surface area (Å²) in [6, 6.07) is 6.46. The van der Waals surface area contributed by atoms with E-state index in [0.717, 1.165) is 12.0 Å². The van der Waals surface area contributed by atoms with Crippen LogP contribution in [0.4, 0.5) is 0 Å². The normalized spacial score (nSPS) is 24.1. The van der Waals surface area contributed by atoms with Crippen molar-refractivity contribution >= 4 is 5.91 Å². The van der Waals surface area contributed by atoms with Gasteiger partial charge in [-0.25, -0.2) is 0 Å². The zero-order valence-electron chi connectivity index (χ0n) is 13.6. The van der Waals surface area contributed by atoms with Crippen LogP contribution in [0.5, 0.6) is 0 Å². The number of aliphatic hydroxyl groups is 1. The number of aryl methyl sites for hydroxylation is 2. The third-order valence-electron chi connectivity index (χ3n) is 4.81. The maximum atomic E-state index is 12.5. The summed E-state index contributed by atoms with van der Waals surface area (Å²) in [5.74, 6) is 0.132. The Morgan fingerprint density at radius 3 is 2.86 bits per heavy atom.